The number of aryl methyl sites for hydroxylation is 1. The van der Waals surface area contributed by atoms with Gasteiger partial charge in [-0.25, -0.2) is 4.98 Å². The van der Waals surface area contributed by atoms with Gasteiger partial charge in [0.05, 0.1) is 12.3 Å². The zero-order valence-electron chi connectivity index (χ0n) is 13.3. The molecule has 1 aromatic heterocycles. The van der Waals surface area contributed by atoms with Crippen LogP contribution in [0, 0.1) is 6.92 Å². The Morgan fingerprint density at radius 2 is 1.96 bits per heavy atom. The first-order valence-electron chi connectivity index (χ1n) is 7.08. The zero-order valence-corrected chi connectivity index (χ0v) is 14.1. The van der Waals surface area contributed by atoms with Crippen LogP contribution in [0.15, 0.2) is 30.3 Å². The van der Waals surface area contributed by atoms with Crippen molar-refractivity contribution in [3.05, 3.63) is 46.5 Å². The first-order chi connectivity index (χ1) is 11.0. The first-order valence-corrected chi connectivity index (χ1v) is 7.89. The minimum absolute atomic E-state index is 0.0650. The summed E-state index contributed by atoms with van der Waals surface area (Å²) < 4.78 is 5.37. The highest BCUT2D eigenvalue weighted by atomic mass is 32.1. The number of aromatic nitrogens is 1. The number of thiazole rings is 1. The van der Waals surface area contributed by atoms with Crippen molar-refractivity contribution in [2.75, 3.05) is 26.0 Å². The lowest BCUT2D eigenvalue weighted by atomic mass is 10.2. The summed E-state index contributed by atoms with van der Waals surface area (Å²) in [5.74, 6) is -0.417. The number of hydrogen-bond acceptors (Lipinski definition) is 5. The van der Waals surface area contributed by atoms with E-state index in [1.54, 1.807) is 21.0 Å². The molecule has 2 amide bonds. The van der Waals surface area contributed by atoms with Gasteiger partial charge in [-0.3, -0.25) is 14.9 Å². The molecule has 0 aliphatic heterocycles. The smallest absolute Gasteiger partial charge is 0.265 e. The second kappa shape index (κ2) is 7.85. The van der Waals surface area contributed by atoms with Crippen molar-refractivity contribution >= 4 is 28.3 Å². The molecule has 0 saturated heterocycles. The van der Waals surface area contributed by atoms with Crippen molar-refractivity contribution in [1.29, 1.82) is 0 Å². The van der Waals surface area contributed by atoms with Gasteiger partial charge in [-0.05, 0) is 12.5 Å². The Bertz CT molecular complexity index is 683. The Labute approximate surface area is 139 Å². The van der Waals surface area contributed by atoms with E-state index >= 15 is 0 Å². The molecule has 0 unspecified atom stereocenters. The molecular weight excluding hydrogens is 314 g/mol. The van der Waals surface area contributed by atoms with Gasteiger partial charge in [0.1, 0.15) is 11.5 Å². The molecule has 0 spiro atoms. The van der Waals surface area contributed by atoms with Crippen LogP contribution in [0.2, 0.25) is 0 Å². The monoisotopic (exact) mass is 333 g/mol. The maximum absolute atomic E-state index is 12.0. The average molecular weight is 333 g/mol. The van der Waals surface area contributed by atoms with E-state index in [-0.39, 0.29) is 18.4 Å². The van der Waals surface area contributed by atoms with E-state index in [0.29, 0.717) is 22.3 Å². The summed E-state index contributed by atoms with van der Waals surface area (Å²) in [5, 5.41) is 3.06. The van der Waals surface area contributed by atoms with Crippen molar-refractivity contribution < 1.29 is 14.3 Å². The number of ether oxygens (including phenoxy) is 1. The van der Waals surface area contributed by atoms with Crippen LogP contribution in [-0.4, -0.2) is 42.4 Å². The highest BCUT2D eigenvalue weighted by molar-refractivity contribution is 7.17. The Kier molecular flexibility index (Phi) is 5.84. The van der Waals surface area contributed by atoms with Gasteiger partial charge in [-0.2, -0.15) is 0 Å². The summed E-state index contributed by atoms with van der Waals surface area (Å²) in [7, 11) is 3.36. The molecule has 122 valence electrons. The van der Waals surface area contributed by atoms with Crippen LogP contribution >= 0.6 is 11.3 Å². The molecule has 0 radical (unpaired) electrons. The molecule has 7 heteroatoms. The molecule has 2 rings (SSSR count). The number of hydrogen-bond donors (Lipinski definition) is 1. The van der Waals surface area contributed by atoms with Crippen LogP contribution in [0.4, 0.5) is 5.13 Å². The molecule has 23 heavy (non-hydrogen) atoms. The third-order valence-corrected chi connectivity index (χ3v) is 4.05. The number of rotatable bonds is 6. The Morgan fingerprint density at radius 3 is 2.61 bits per heavy atom. The molecular formula is C16H19N3O3S. The number of carbonyl (C=O) groups excluding carboxylic acids is 2. The molecule has 1 aromatic carbocycles. The summed E-state index contributed by atoms with van der Waals surface area (Å²) in [5.41, 5.74) is 1.61. The van der Waals surface area contributed by atoms with E-state index in [2.05, 4.69) is 10.3 Å². The van der Waals surface area contributed by atoms with Crippen LogP contribution in [0.1, 0.15) is 20.9 Å². The molecule has 1 N–H and O–H groups in total. The fraction of sp³-hybridized carbons (Fsp3) is 0.312. The number of anilines is 1. The third-order valence-electron chi connectivity index (χ3n) is 2.99. The predicted molar refractivity (Wildman–Crippen MR) is 89.6 cm³/mol. The SMILES string of the molecule is Cc1nc(NC(=O)COCc2ccccc2)sc1C(=O)N(C)C. The number of benzene rings is 1. The van der Waals surface area contributed by atoms with Gasteiger partial charge >= 0.3 is 0 Å². The van der Waals surface area contributed by atoms with E-state index in [1.165, 1.54) is 4.90 Å². The molecule has 0 atom stereocenters. The first kappa shape index (κ1) is 17.1. The van der Waals surface area contributed by atoms with Crippen molar-refractivity contribution in [3.8, 4) is 0 Å². The fourth-order valence-corrected chi connectivity index (χ4v) is 2.85. The maximum Gasteiger partial charge on any atom is 0.265 e. The molecule has 0 bridgehead atoms. The van der Waals surface area contributed by atoms with Crippen molar-refractivity contribution in [1.82, 2.24) is 9.88 Å². The second-order valence-corrected chi connectivity index (χ2v) is 6.16. The Hall–Kier alpha value is -2.25. The summed E-state index contributed by atoms with van der Waals surface area (Å²) in [6.07, 6.45) is 0. The molecule has 0 fully saturated rings. The van der Waals surface area contributed by atoms with Gasteiger partial charge in [0, 0.05) is 14.1 Å². The minimum atomic E-state index is -0.293. The van der Waals surface area contributed by atoms with E-state index in [1.807, 2.05) is 30.3 Å². The van der Waals surface area contributed by atoms with Gasteiger partial charge in [-0.1, -0.05) is 41.7 Å². The van der Waals surface area contributed by atoms with E-state index in [9.17, 15) is 9.59 Å². The summed E-state index contributed by atoms with van der Waals surface area (Å²) in [6.45, 7) is 2.05. The van der Waals surface area contributed by atoms with Gasteiger partial charge in [-0.15, -0.1) is 0 Å². The fourth-order valence-electron chi connectivity index (χ4n) is 1.84. The summed E-state index contributed by atoms with van der Waals surface area (Å²) in [4.78, 5) is 30.0. The van der Waals surface area contributed by atoms with Gasteiger partial charge in [0.2, 0.25) is 0 Å². The highest BCUT2D eigenvalue weighted by Gasteiger charge is 2.17. The standard InChI is InChI=1S/C16H19N3O3S/c1-11-14(15(21)19(2)3)23-16(17-11)18-13(20)10-22-9-12-7-5-4-6-8-12/h4-8H,9-10H2,1-3H3,(H,17,18,20). The average Bonchev–Trinajstić information content (AvgIpc) is 2.87. The van der Waals surface area contributed by atoms with E-state index < -0.39 is 0 Å². The third kappa shape index (κ3) is 4.87. The lowest BCUT2D eigenvalue weighted by Gasteiger charge is -2.07. The van der Waals surface area contributed by atoms with E-state index in [0.717, 1.165) is 16.9 Å². The summed E-state index contributed by atoms with van der Waals surface area (Å²) >= 11 is 1.16. The van der Waals surface area contributed by atoms with Gasteiger partial charge < -0.3 is 9.64 Å². The molecule has 1 heterocycles. The van der Waals surface area contributed by atoms with Crippen molar-refractivity contribution in [3.63, 3.8) is 0 Å². The van der Waals surface area contributed by atoms with Gasteiger partial charge in [0.15, 0.2) is 5.13 Å². The number of carbonyl (C=O) groups is 2. The van der Waals surface area contributed by atoms with Crippen molar-refractivity contribution in [2.45, 2.75) is 13.5 Å². The van der Waals surface area contributed by atoms with Crippen LogP contribution < -0.4 is 5.32 Å². The van der Waals surface area contributed by atoms with Crippen LogP contribution in [0.5, 0.6) is 0 Å². The minimum Gasteiger partial charge on any atom is -0.367 e. The van der Waals surface area contributed by atoms with Crippen LogP contribution in [0.3, 0.4) is 0 Å². The largest absolute Gasteiger partial charge is 0.367 e. The normalized spacial score (nSPS) is 10.4. The van der Waals surface area contributed by atoms with E-state index in [4.69, 9.17) is 4.74 Å². The van der Waals surface area contributed by atoms with Crippen molar-refractivity contribution in [2.24, 2.45) is 0 Å². The topological polar surface area (TPSA) is 71.5 Å². The Morgan fingerprint density at radius 1 is 1.26 bits per heavy atom. The lowest BCUT2D eigenvalue weighted by molar-refractivity contribution is -0.121. The molecule has 0 aliphatic carbocycles. The number of amides is 2. The number of nitrogens with zero attached hydrogens (tertiary/aromatic N) is 2. The zero-order chi connectivity index (χ0) is 16.8. The molecule has 2 aromatic rings. The highest BCUT2D eigenvalue weighted by Crippen LogP contribution is 2.23. The Balaban J connectivity index is 1.86. The molecule has 0 aliphatic rings. The second-order valence-electron chi connectivity index (χ2n) is 5.16. The quantitative estimate of drug-likeness (QED) is 0.880. The molecule has 6 nitrogen and oxygen atoms in total. The van der Waals surface area contributed by atoms with Crippen LogP contribution in [0.25, 0.3) is 0 Å². The maximum atomic E-state index is 12.0. The lowest BCUT2D eigenvalue weighted by Crippen LogP contribution is -2.21. The molecule has 0 saturated carbocycles. The van der Waals surface area contributed by atoms with Crippen LogP contribution in [-0.2, 0) is 16.1 Å². The summed E-state index contributed by atoms with van der Waals surface area (Å²) in [6, 6.07) is 9.62. The predicted octanol–water partition coefficient (Wildman–Crippen LogP) is 2.31. The number of nitrogens with one attached hydrogen (secondary N) is 1. The van der Waals surface area contributed by atoms with Gasteiger partial charge in [0.25, 0.3) is 11.8 Å².